The zero-order valence-corrected chi connectivity index (χ0v) is 14.3. The molecule has 0 spiro atoms. The smallest absolute Gasteiger partial charge is 0.338 e. The Hall–Kier alpha value is -2.25. The van der Waals surface area contributed by atoms with E-state index in [1.54, 1.807) is 30.5 Å². The summed E-state index contributed by atoms with van der Waals surface area (Å²) >= 11 is 7.18. The Kier molecular flexibility index (Phi) is 6.45. The Balaban J connectivity index is 1.92. The van der Waals surface area contributed by atoms with Crippen LogP contribution >= 0.6 is 23.4 Å². The first-order valence-electron chi connectivity index (χ1n) is 6.90. The van der Waals surface area contributed by atoms with Crippen LogP contribution in [-0.2, 0) is 4.74 Å². The van der Waals surface area contributed by atoms with Gasteiger partial charge in [-0.3, -0.25) is 10.1 Å². The number of halogens is 1. The van der Waals surface area contributed by atoms with E-state index in [1.165, 1.54) is 30.0 Å². The molecule has 0 bridgehead atoms. The molecule has 0 aliphatic carbocycles. The van der Waals surface area contributed by atoms with Gasteiger partial charge in [0.15, 0.2) is 0 Å². The largest absolute Gasteiger partial charge is 0.488 e. The van der Waals surface area contributed by atoms with Crippen molar-refractivity contribution in [1.29, 1.82) is 0 Å². The van der Waals surface area contributed by atoms with Crippen molar-refractivity contribution in [3.05, 3.63) is 63.2 Å². The summed E-state index contributed by atoms with van der Waals surface area (Å²) in [5.74, 6) is -0.149. The number of hydrogen-bond acceptors (Lipinski definition) is 6. The van der Waals surface area contributed by atoms with Gasteiger partial charge >= 0.3 is 5.97 Å². The third-order valence-electron chi connectivity index (χ3n) is 3.02. The summed E-state index contributed by atoms with van der Waals surface area (Å²) in [6.07, 6.45) is 1.73. The summed E-state index contributed by atoms with van der Waals surface area (Å²) in [5, 5.41) is 11.5. The number of nitro groups is 1. The van der Waals surface area contributed by atoms with E-state index < -0.39 is 10.9 Å². The quantitative estimate of drug-likeness (QED) is 0.240. The van der Waals surface area contributed by atoms with Crippen LogP contribution in [0.1, 0.15) is 10.4 Å². The monoisotopic (exact) mass is 367 g/mol. The highest BCUT2D eigenvalue weighted by molar-refractivity contribution is 7.98. The average Bonchev–Trinajstić information content (AvgIpc) is 2.59. The van der Waals surface area contributed by atoms with E-state index in [9.17, 15) is 14.9 Å². The summed E-state index contributed by atoms with van der Waals surface area (Å²) in [4.78, 5) is 22.9. The molecule has 0 aromatic heterocycles. The summed E-state index contributed by atoms with van der Waals surface area (Å²) in [6.45, 7) is 0.128. The molecule has 8 heteroatoms. The molecule has 0 aliphatic heterocycles. The maximum Gasteiger partial charge on any atom is 0.338 e. The number of carbonyl (C=O) groups is 1. The second-order valence-corrected chi connectivity index (χ2v) is 5.81. The van der Waals surface area contributed by atoms with Crippen molar-refractivity contribution in [2.45, 2.75) is 4.90 Å². The first-order valence-corrected chi connectivity index (χ1v) is 8.50. The van der Waals surface area contributed by atoms with E-state index in [-0.39, 0.29) is 24.5 Å². The van der Waals surface area contributed by atoms with Gasteiger partial charge in [-0.2, -0.15) is 0 Å². The minimum Gasteiger partial charge on any atom is -0.488 e. The van der Waals surface area contributed by atoms with E-state index >= 15 is 0 Å². The first-order chi connectivity index (χ1) is 11.5. The van der Waals surface area contributed by atoms with Gasteiger partial charge < -0.3 is 9.47 Å². The van der Waals surface area contributed by atoms with Crippen LogP contribution in [0.2, 0.25) is 5.02 Å². The number of thioether (sulfide) groups is 1. The van der Waals surface area contributed by atoms with Crippen molar-refractivity contribution < 1.29 is 19.2 Å². The van der Waals surface area contributed by atoms with Gasteiger partial charge in [0.2, 0.25) is 0 Å². The highest BCUT2D eigenvalue weighted by Crippen LogP contribution is 2.28. The molecule has 0 aliphatic rings. The molecule has 2 rings (SSSR count). The normalized spacial score (nSPS) is 10.2. The Labute approximate surface area is 147 Å². The number of rotatable bonds is 7. The van der Waals surface area contributed by atoms with Crippen molar-refractivity contribution >= 4 is 35.0 Å². The van der Waals surface area contributed by atoms with Crippen LogP contribution in [0.25, 0.3) is 0 Å². The molecule has 0 saturated carbocycles. The van der Waals surface area contributed by atoms with Gasteiger partial charge in [0.25, 0.3) is 5.69 Å². The Morgan fingerprint density at radius 3 is 2.67 bits per heavy atom. The Morgan fingerprint density at radius 2 is 2.00 bits per heavy atom. The molecule has 126 valence electrons. The maximum atomic E-state index is 12.0. The number of hydrogen-bond donors (Lipinski definition) is 0. The molecule has 2 aromatic carbocycles. The van der Waals surface area contributed by atoms with Crippen molar-refractivity contribution in [2.75, 3.05) is 19.5 Å². The number of carbonyl (C=O) groups excluding carboxylic acids is 1. The fraction of sp³-hybridized carbons (Fsp3) is 0.188. The maximum absolute atomic E-state index is 12.0. The number of esters is 1. The van der Waals surface area contributed by atoms with Gasteiger partial charge in [0, 0.05) is 6.07 Å². The lowest BCUT2D eigenvalue weighted by atomic mass is 10.2. The summed E-state index contributed by atoms with van der Waals surface area (Å²) in [6, 6.07) is 11.2. The van der Waals surface area contributed by atoms with Crippen molar-refractivity contribution in [3.8, 4) is 5.75 Å². The van der Waals surface area contributed by atoms with Crippen LogP contribution < -0.4 is 4.74 Å². The molecule has 2 aromatic rings. The van der Waals surface area contributed by atoms with E-state index in [4.69, 9.17) is 21.1 Å². The van der Waals surface area contributed by atoms with Crippen molar-refractivity contribution in [2.24, 2.45) is 0 Å². The molecular weight excluding hydrogens is 354 g/mol. The number of nitro benzene ring substituents is 1. The lowest BCUT2D eigenvalue weighted by Gasteiger charge is -2.09. The molecule has 0 heterocycles. The van der Waals surface area contributed by atoms with Crippen LogP contribution in [0.4, 0.5) is 5.69 Å². The molecule has 6 nitrogen and oxygen atoms in total. The fourth-order valence-electron chi connectivity index (χ4n) is 1.89. The SMILES string of the molecule is CSc1ccc(C(=O)OCCOc2ccccc2Cl)cc1[N+](=O)[O-]. The zero-order valence-electron chi connectivity index (χ0n) is 12.7. The number of ether oxygens (including phenoxy) is 2. The van der Waals surface area contributed by atoms with E-state index in [0.717, 1.165) is 0 Å². The molecule has 0 N–H and O–H groups in total. The topological polar surface area (TPSA) is 78.7 Å². The minimum absolute atomic E-state index is 0.00212. The van der Waals surface area contributed by atoms with E-state index in [1.807, 2.05) is 0 Å². The first kappa shape index (κ1) is 18.1. The fourth-order valence-corrected chi connectivity index (χ4v) is 2.63. The highest BCUT2D eigenvalue weighted by Gasteiger charge is 2.17. The standard InChI is InChI=1S/C16H14ClNO5S/c1-24-15-7-6-11(10-13(15)18(20)21)16(19)23-9-8-22-14-5-3-2-4-12(14)17/h2-7,10H,8-9H2,1H3. The second kappa shape index (κ2) is 8.56. The third-order valence-corrected chi connectivity index (χ3v) is 4.12. The van der Waals surface area contributed by atoms with Crippen LogP contribution in [0, 0.1) is 10.1 Å². The van der Waals surface area contributed by atoms with Crippen LogP contribution in [-0.4, -0.2) is 30.4 Å². The molecular formula is C16H14ClNO5S. The van der Waals surface area contributed by atoms with Crippen LogP contribution in [0.3, 0.4) is 0 Å². The van der Waals surface area contributed by atoms with Gasteiger partial charge in [-0.05, 0) is 30.5 Å². The van der Waals surface area contributed by atoms with Crippen molar-refractivity contribution in [1.82, 2.24) is 0 Å². The third kappa shape index (κ3) is 4.62. The lowest BCUT2D eigenvalue weighted by molar-refractivity contribution is -0.387. The van der Waals surface area contributed by atoms with Crippen molar-refractivity contribution in [3.63, 3.8) is 0 Å². The Morgan fingerprint density at radius 1 is 1.25 bits per heavy atom. The van der Waals surface area contributed by atoms with Gasteiger partial charge in [-0.25, -0.2) is 4.79 Å². The van der Waals surface area contributed by atoms with Crippen LogP contribution in [0.15, 0.2) is 47.4 Å². The average molecular weight is 368 g/mol. The minimum atomic E-state index is -0.645. The lowest BCUT2D eigenvalue weighted by Crippen LogP contribution is -2.12. The molecule has 0 radical (unpaired) electrons. The van der Waals surface area contributed by atoms with E-state index in [0.29, 0.717) is 15.7 Å². The van der Waals surface area contributed by atoms with Crippen LogP contribution in [0.5, 0.6) is 5.75 Å². The number of benzene rings is 2. The number of nitrogens with zero attached hydrogens (tertiary/aromatic N) is 1. The molecule has 0 saturated heterocycles. The van der Waals surface area contributed by atoms with E-state index in [2.05, 4.69) is 0 Å². The molecule has 0 fully saturated rings. The summed E-state index contributed by atoms with van der Waals surface area (Å²) in [7, 11) is 0. The second-order valence-electron chi connectivity index (χ2n) is 4.56. The van der Waals surface area contributed by atoms with Gasteiger partial charge in [-0.15, -0.1) is 11.8 Å². The van der Waals surface area contributed by atoms with Gasteiger partial charge in [-0.1, -0.05) is 23.7 Å². The van der Waals surface area contributed by atoms with Gasteiger partial charge in [0.1, 0.15) is 19.0 Å². The molecule has 0 atom stereocenters. The predicted molar refractivity (Wildman–Crippen MR) is 92.1 cm³/mol. The highest BCUT2D eigenvalue weighted by atomic mass is 35.5. The molecule has 24 heavy (non-hydrogen) atoms. The summed E-state index contributed by atoms with van der Waals surface area (Å²) < 4.78 is 10.5. The zero-order chi connectivity index (χ0) is 17.5. The molecule has 0 amide bonds. The molecule has 0 unspecified atom stereocenters. The van der Waals surface area contributed by atoms with Gasteiger partial charge in [0.05, 0.1) is 20.4 Å². The predicted octanol–water partition coefficient (Wildman–Crippen LogP) is 4.21. The summed E-state index contributed by atoms with van der Waals surface area (Å²) in [5.41, 5.74) is 0.00140. The number of para-hydroxylation sites is 1. The Bertz CT molecular complexity index is 753.